The normalized spacial score (nSPS) is 12.2. The van der Waals surface area contributed by atoms with Crippen LogP contribution < -0.4 is 5.32 Å². The van der Waals surface area contributed by atoms with Crippen LogP contribution in [0.1, 0.15) is 18.1 Å². The van der Waals surface area contributed by atoms with Crippen molar-refractivity contribution < 1.29 is 4.39 Å². The Balaban J connectivity index is 2.03. The second kappa shape index (κ2) is 6.07. The molecule has 0 spiro atoms. The van der Waals surface area contributed by atoms with Crippen LogP contribution >= 0.6 is 11.6 Å². The van der Waals surface area contributed by atoms with Gasteiger partial charge >= 0.3 is 0 Å². The fourth-order valence-electron chi connectivity index (χ4n) is 2.05. The molecule has 1 atom stereocenters. The molecule has 0 fully saturated rings. The van der Waals surface area contributed by atoms with E-state index < -0.39 is 0 Å². The fraction of sp³-hybridized carbons (Fsp3) is 0.250. The van der Waals surface area contributed by atoms with E-state index in [0.717, 1.165) is 17.1 Å². The summed E-state index contributed by atoms with van der Waals surface area (Å²) in [5.41, 5.74) is 2.71. The van der Waals surface area contributed by atoms with Crippen LogP contribution in [-0.2, 0) is 6.42 Å². The highest BCUT2D eigenvalue weighted by molar-refractivity contribution is 6.30. The lowest BCUT2D eigenvalue weighted by Gasteiger charge is -2.17. The molecular formula is C16H17ClFN. The number of nitrogens with one attached hydrogen (secondary N) is 1. The van der Waals surface area contributed by atoms with E-state index in [1.54, 1.807) is 13.0 Å². The van der Waals surface area contributed by atoms with E-state index in [0.29, 0.717) is 5.56 Å². The third kappa shape index (κ3) is 3.71. The van der Waals surface area contributed by atoms with Crippen molar-refractivity contribution in [3.8, 4) is 0 Å². The maximum atomic E-state index is 13.4. The molecule has 0 aliphatic carbocycles. The van der Waals surface area contributed by atoms with E-state index in [1.165, 1.54) is 11.6 Å². The van der Waals surface area contributed by atoms with Gasteiger partial charge in [0.05, 0.1) is 0 Å². The predicted octanol–water partition coefficient (Wildman–Crippen LogP) is 4.83. The monoisotopic (exact) mass is 277 g/mol. The summed E-state index contributed by atoms with van der Waals surface area (Å²) in [5.74, 6) is -0.177. The molecule has 0 saturated heterocycles. The Bertz CT molecular complexity index is 551. The summed E-state index contributed by atoms with van der Waals surface area (Å²) >= 11 is 5.86. The Morgan fingerprint density at radius 1 is 1.16 bits per heavy atom. The average molecular weight is 278 g/mol. The van der Waals surface area contributed by atoms with Crippen LogP contribution in [0.15, 0.2) is 42.5 Å². The van der Waals surface area contributed by atoms with Gasteiger partial charge in [-0.2, -0.15) is 0 Å². The second-order valence-electron chi connectivity index (χ2n) is 4.79. The van der Waals surface area contributed by atoms with Crippen LogP contribution in [0.2, 0.25) is 5.02 Å². The molecule has 0 bridgehead atoms. The van der Waals surface area contributed by atoms with Gasteiger partial charge in [0.1, 0.15) is 5.82 Å². The minimum Gasteiger partial charge on any atom is -0.382 e. The topological polar surface area (TPSA) is 12.0 Å². The Morgan fingerprint density at radius 3 is 2.53 bits per heavy atom. The lowest BCUT2D eigenvalue weighted by Crippen LogP contribution is -2.18. The molecule has 2 rings (SSSR count). The van der Waals surface area contributed by atoms with E-state index >= 15 is 0 Å². The molecule has 1 unspecified atom stereocenters. The standard InChI is InChI=1S/C16H17ClFN/c1-11(10-13-6-8-14(17)9-7-13)19-16-5-3-4-15(18)12(16)2/h3-9,11,19H,10H2,1-2H3. The van der Waals surface area contributed by atoms with Gasteiger partial charge in [0, 0.05) is 22.3 Å². The van der Waals surface area contributed by atoms with Crippen molar-refractivity contribution in [3.63, 3.8) is 0 Å². The van der Waals surface area contributed by atoms with Gasteiger partial charge in [0.15, 0.2) is 0 Å². The molecule has 0 heterocycles. The SMILES string of the molecule is Cc1c(F)cccc1NC(C)Cc1ccc(Cl)cc1. The molecule has 1 nitrogen and oxygen atoms in total. The lowest BCUT2D eigenvalue weighted by molar-refractivity contribution is 0.618. The molecule has 0 amide bonds. The van der Waals surface area contributed by atoms with Gasteiger partial charge in [0.25, 0.3) is 0 Å². The van der Waals surface area contributed by atoms with Gasteiger partial charge in [-0.1, -0.05) is 29.8 Å². The van der Waals surface area contributed by atoms with Crippen molar-refractivity contribution in [2.45, 2.75) is 26.3 Å². The predicted molar refractivity (Wildman–Crippen MR) is 79.4 cm³/mol. The molecule has 0 saturated carbocycles. The van der Waals surface area contributed by atoms with Gasteiger partial charge < -0.3 is 5.32 Å². The number of anilines is 1. The smallest absolute Gasteiger partial charge is 0.128 e. The highest BCUT2D eigenvalue weighted by atomic mass is 35.5. The van der Waals surface area contributed by atoms with E-state index in [4.69, 9.17) is 11.6 Å². The zero-order valence-corrected chi connectivity index (χ0v) is 11.8. The van der Waals surface area contributed by atoms with Crippen molar-refractivity contribution in [2.24, 2.45) is 0 Å². The van der Waals surface area contributed by atoms with Crippen molar-refractivity contribution in [1.82, 2.24) is 0 Å². The van der Waals surface area contributed by atoms with Gasteiger partial charge in [0.2, 0.25) is 0 Å². The van der Waals surface area contributed by atoms with Gasteiger partial charge in [-0.15, -0.1) is 0 Å². The lowest BCUT2D eigenvalue weighted by atomic mass is 10.1. The van der Waals surface area contributed by atoms with Crippen LogP contribution in [0.4, 0.5) is 10.1 Å². The molecular weight excluding hydrogens is 261 g/mol. The highest BCUT2D eigenvalue weighted by Gasteiger charge is 2.07. The number of benzene rings is 2. The summed E-state index contributed by atoms with van der Waals surface area (Å²) in [6, 6.07) is 13.1. The van der Waals surface area contributed by atoms with Crippen LogP contribution in [0.25, 0.3) is 0 Å². The van der Waals surface area contributed by atoms with Crippen LogP contribution in [0, 0.1) is 12.7 Å². The minimum atomic E-state index is -0.177. The van der Waals surface area contributed by atoms with Gasteiger partial charge in [-0.25, -0.2) is 4.39 Å². The average Bonchev–Trinajstić information content (AvgIpc) is 2.38. The summed E-state index contributed by atoms with van der Waals surface area (Å²) in [6.45, 7) is 3.87. The van der Waals surface area contributed by atoms with Crippen LogP contribution in [-0.4, -0.2) is 6.04 Å². The van der Waals surface area contributed by atoms with E-state index in [2.05, 4.69) is 12.2 Å². The molecule has 0 aromatic heterocycles. The first-order valence-electron chi connectivity index (χ1n) is 6.32. The first-order chi connectivity index (χ1) is 9.06. The van der Waals surface area contributed by atoms with E-state index in [-0.39, 0.29) is 11.9 Å². The summed E-state index contributed by atoms with van der Waals surface area (Å²) in [7, 11) is 0. The Morgan fingerprint density at radius 2 is 1.84 bits per heavy atom. The zero-order chi connectivity index (χ0) is 13.8. The number of halogens is 2. The van der Waals surface area contributed by atoms with Crippen molar-refractivity contribution >= 4 is 17.3 Å². The molecule has 2 aromatic rings. The summed E-state index contributed by atoms with van der Waals surface area (Å²) in [5, 5.41) is 4.08. The molecule has 100 valence electrons. The van der Waals surface area contributed by atoms with E-state index in [1.807, 2.05) is 30.3 Å². The maximum Gasteiger partial charge on any atom is 0.128 e. The first-order valence-corrected chi connectivity index (χ1v) is 6.70. The summed E-state index contributed by atoms with van der Waals surface area (Å²) < 4.78 is 13.4. The summed E-state index contributed by atoms with van der Waals surface area (Å²) in [4.78, 5) is 0. The molecule has 0 aliphatic rings. The van der Waals surface area contributed by atoms with Crippen LogP contribution in [0.5, 0.6) is 0 Å². The van der Waals surface area contributed by atoms with Gasteiger partial charge in [-0.3, -0.25) is 0 Å². The second-order valence-corrected chi connectivity index (χ2v) is 5.22. The minimum absolute atomic E-state index is 0.177. The van der Waals surface area contributed by atoms with Crippen molar-refractivity contribution in [1.29, 1.82) is 0 Å². The number of hydrogen-bond acceptors (Lipinski definition) is 1. The largest absolute Gasteiger partial charge is 0.382 e. The highest BCUT2D eigenvalue weighted by Crippen LogP contribution is 2.19. The first kappa shape index (κ1) is 13.9. The fourth-order valence-corrected chi connectivity index (χ4v) is 2.18. The zero-order valence-electron chi connectivity index (χ0n) is 11.1. The van der Waals surface area contributed by atoms with Crippen molar-refractivity contribution in [3.05, 3.63) is 64.4 Å². The Kier molecular flexibility index (Phi) is 4.43. The Hall–Kier alpha value is -1.54. The molecule has 0 aliphatic heterocycles. The van der Waals surface area contributed by atoms with E-state index in [9.17, 15) is 4.39 Å². The van der Waals surface area contributed by atoms with Gasteiger partial charge in [-0.05, 0) is 50.1 Å². The molecule has 2 aromatic carbocycles. The third-order valence-corrected chi connectivity index (χ3v) is 3.38. The molecule has 0 radical (unpaired) electrons. The third-order valence-electron chi connectivity index (χ3n) is 3.12. The van der Waals surface area contributed by atoms with Crippen molar-refractivity contribution in [2.75, 3.05) is 5.32 Å². The number of hydrogen-bond donors (Lipinski definition) is 1. The molecule has 19 heavy (non-hydrogen) atoms. The summed E-state index contributed by atoms with van der Waals surface area (Å²) in [6.07, 6.45) is 0.868. The Labute approximate surface area is 118 Å². The molecule has 1 N–H and O–H groups in total. The van der Waals surface area contributed by atoms with Crippen LogP contribution in [0.3, 0.4) is 0 Å². The quantitative estimate of drug-likeness (QED) is 0.844. The molecule has 3 heteroatoms. The number of rotatable bonds is 4. The maximum absolute atomic E-state index is 13.4.